The first-order valence-corrected chi connectivity index (χ1v) is 7.60. The summed E-state index contributed by atoms with van der Waals surface area (Å²) in [7, 11) is 0. The molecule has 0 aromatic heterocycles. The second-order valence-corrected chi connectivity index (χ2v) is 6.03. The molecule has 0 bridgehead atoms. The Morgan fingerprint density at radius 2 is 1.68 bits per heavy atom. The van der Waals surface area contributed by atoms with Gasteiger partial charge in [0.15, 0.2) is 0 Å². The molecule has 0 aliphatic carbocycles. The van der Waals surface area contributed by atoms with Crippen molar-refractivity contribution in [3.63, 3.8) is 0 Å². The van der Waals surface area contributed by atoms with Crippen LogP contribution in [0.15, 0.2) is 36.4 Å². The lowest BCUT2D eigenvalue weighted by Crippen LogP contribution is -2.20. The first-order chi connectivity index (χ1) is 10.4. The highest BCUT2D eigenvalue weighted by Gasteiger charge is 2.13. The lowest BCUT2D eigenvalue weighted by molar-refractivity contribution is 0.259. The van der Waals surface area contributed by atoms with Gasteiger partial charge in [-0.05, 0) is 61.4 Å². The molecule has 0 fully saturated rings. The van der Waals surface area contributed by atoms with Crippen LogP contribution in [0.2, 0.25) is 0 Å². The molecule has 0 aliphatic heterocycles. The molecule has 2 aromatic carbocycles. The number of urea groups is 1. The normalized spacial score (nSPS) is 12.0. The molecule has 2 aromatic rings. The minimum atomic E-state index is -0.525. The van der Waals surface area contributed by atoms with Crippen LogP contribution in [-0.2, 0) is 6.42 Å². The van der Waals surface area contributed by atoms with Gasteiger partial charge in [-0.15, -0.1) is 0 Å². The summed E-state index contributed by atoms with van der Waals surface area (Å²) in [6.07, 6.45) is 1.00. The molecule has 0 saturated carbocycles. The predicted molar refractivity (Wildman–Crippen MR) is 92.4 cm³/mol. The van der Waals surface area contributed by atoms with Crippen LogP contribution in [-0.4, -0.2) is 6.03 Å². The third-order valence-corrected chi connectivity index (χ3v) is 4.28. The van der Waals surface area contributed by atoms with E-state index in [1.807, 2.05) is 13.0 Å². The molecule has 1 unspecified atom stereocenters. The van der Waals surface area contributed by atoms with Gasteiger partial charge in [-0.2, -0.15) is 0 Å². The first kappa shape index (κ1) is 16.1. The molecule has 0 saturated heterocycles. The standard InChI is InChI=1S/C19H24N2O/c1-12-5-7-16(8-6-12)11-13(2)17-9-10-18(21-19(20)22)15(4)14(17)3/h5-10,13H,11H2,1-4H3,(H3,20,21,22). The average Bonchev–Trinajstić information content (AvgIpc) is 2.46. The van der Waals surface area contributed by atoms with E-state index in [-0.39, 0.29) is 0 Å². The Labute approximate surface area is 132 Å². The van der Waals surface area contributed by atoms with E-state index in [9.17, 15) is 4.79 Å². The van der Waals surface area contributed by atoms with Crippen LogP contribution < -0.4 is 11.1 Å². The van der Waals surface area contributed by atoms with Crippen LogP contribution in [0.4, 0.5) is 10.5 Å². The quantitative estimate of drug-likeness (QED) is 0.860. The molecule has 1 atom stereocenters. The lowest BCUT2D eigenvalue weighted by atomic mass is 9.88. The molecule has 3 N–H and O–H groups in total. The van der Waals surface area contributed by atoms with Gasteiger partial charge in [0.1, 0.15) is 0 Å². The zero-order chi connectivity index (χ0) is 16.3. The zero-order valence-electron chi connectivity index (χ0n) is 13.7. The fraction of sp³-hybridized carbons (Fsp3) is 0.316. The van der Waals surface area contributed by atoms with Crippen LogP contribution in [0, 0.1) is 20.8 Å². The van der Waals surface area contributed by atoms with Gasteiger partial charge >= 0.3 is 6.03 Å². The molecule has 3 nitrogen and oxygen atoms in total. The minimum absolute atomic E-state index is 0.420. The maximum Gasteiger partial charge on any atom is 0.316 e. The van der Waals surface area contributed by atoms with E-state index >= 15 is 0 Å². The van der Waals surface area contributed by atoms with Crippen LogP contribution in [0.5, 0.6) is 0 Å². The molecule has 116 valence electrons. The summed E-state index contributed by atoms with van der Waals surface area (Å²) in [5.41, 5.74) is 12.2. The number of amides is 2. The first-order valence-electron chi connectivity index (χ1n) is 7.60. The van der Waals surface area contributed by atoms with Gasteiger partial charge in [-0.3, -0.25) is 0 Å². The number of nitrogens with two attached hydrogens (primary N) is 1. The molecular formula is C19H24N2O. The fourth-order valence-corrected chi connectivity index (χ4v) is 2.83. The molecule has 22 heavy (non-hydrogen) atoms. The van der Waals surface area contributed by atoms with Gasteiger partial charge in [0.25, 0.3) is 0 Å². The number of carbonyl (C=O) groups is 1. The summed E-state index contributed by atoms with van der Waals surface area (Å²) in [4.78, 5) is 11.0. The van der Waals surface area contributed by atoms with Gasteiger partial charge in [0.05, 0.1) is 0 Å². The number of rotatable bonds is 4. The Balaban J connectivity index is 2.22. The van der Waals surface area contributed by atoms with Crippen molar-refractivity contribution in [2.45, 2.75) is 40.0 Å². The monoisotopic (exact) mass is 296 g/mol. The van der Waals surface area contributed by atoms with E-state index in [4.69, 9.17) is 5.73 Å². The molecular weight excluding hydrogens is 272 g/mol. The van der Waals surface area contributed by atoms with Crippen LogP contribution in [0.25, 0.3) is 0 Å². The molecule has 0 radical (unpaired) electrons. The average molecular weight is 296 g/mol. The van der Waals surface area contributed by atoms with Crippen molar-refractivity contribution in [2.75, 3.05) is 5.32 Å². The summed E-state index contributed by atoms with van der Waals surface area (Å²) in [6, 6.07) is 12.2. The van der Waals surface area contributed by atoms with Crippen molar-refractivity contribution in [3.8, 4) is 0 Å². The third-order valence-electron chi connectivity index (χ3n) is 4.28. The van der Waals surface area contributed by atoms with Crippen molar-refractivity contribution in [3.05, 3.63) is 64.2 Å². The number of benzene rings is 2. The number of nitrogens with one attached hydrogen (secondary N) is 1. The van der Waals surface area contributed by atoms with Crippen molar-refractivity contribution in [2.24, 2.45) is 5.73 Å². The van der Waals surface area contributed by atoms with Crippen molar-refractivity contribution >= 4 is 11.7 Å². The maximum absolute atomic E-state index is 11.0. The number of hydrogen-bond acceptors (Lipinski definition) is 1. The lowest BCUT2D eigenvalue weighted by Gasteiger charge is -2.19. The Bertz CT molecular complexity index is 675. The van der Waals surface area contributed by atoms with Crippen molar-refractivity contribution in [1.29, 1.82) is 0 Å². The van der Waals surface area contributed by atoms with Crippen LogP contribution in [0.3, 0.4) is 0 Å². The Morgan fingerprint density at radius 1 is 1.05 bits per heavy atom. The Morgan fingerprint density at radius 3 is 2.27 bits per heavy atom. The van der Waals surface area contributed by atoms with Gasteiger partial charge in [0.2, 0.25) is 0 Å². The number of anilines is 1. The second-order valence-electron chi connectivity index (χ2n) is 6.03. The molecule has 2 rings (SSSR count). The Hall–Kier alpha value is -2.29. The smallest absolute Gasteiger partial charge is 0.316 e. The van der Waals surface area contributed by atoms with E-state index in [1.165, 1.54) is 22.3 Å². The molecule has 0 aliphatic rings. The van der Waals surface area contributed by atoms with E-state index in [1.54, 1.807) is 0 Å². The summed E-state index contributed by atoms with van der Waals surface area (Å²) in [5.74, 6) is 0.420. The van der Waals surface area contributed by atoms with E-state index in [0.717, 1.165) is 17.7 Å². The summed E-state index contributed by atoms with van der Waals surface area (Å²) in [5, 5.41) is 2.67. The van der Waals surface area contributed by atoms with Gasteiger partial charge < -0.3 is 11.1 Å². The largest absolute Gasteiger partial charge is 0.351 e. The van der Waals surface area contributed by atoms with Gasteiger partial charge in [-0.25, -0.2) is 4.79 Å². The fourth-order valence-electron chi connectivity index (χ4n) is 2.83. The van der Waals surface area contributed by atoms with E-state index in [2.05, 4.69) is 56.4 Å². The van der Waals surface area contributed by atoms with Gasteiger partial charge in [0, 0.05) is 5.69 Å². The SMILES string of the molecule is Cc1ccc(CC(C)c2ccc(NC(N)=O)c(C)c2C)cc1. The van der Waals surface area contributed by atoms with E-state index in [0.29, 0.717) is 5.92 Å². The number of aryl methyl sites for hydroxylation is 1. The van der Waals surface area contributed by atoms with Crippen molar-refractivity contribution < 1.29 is 4.79 Å². The third kappa shape index (κ3) is 3.67. The maximum atomic E-state index is 11.0. The molecule has 3 heteroatoms. The zero-order valence-corrected chi connectivity index (χ0v) is 13.7. The summed E-state index contributed by atoms with van der Waals surface area (Å²) < 4.78 is 0. The summed E-state index contributed by atoms with van der Waals surface area (Å²) in [6.45, 7) is 8.46. The highest BCUT2D eigenvalue weighted by molar-refractivity contribution is 5.89. The molecule has 2 amide bonds. The number of primary amides is 1. The highest BCUT2D eigenvalue weighted by Crippen LogP contribution is 2.29. The highest BCUT2D eigenvalue weighted by atomic mass is 16.2. The summed E-state index contributed by atoms with van der Waals surface area (Å²) >= 11 is 0. The van der Waals surface area contributed by atoms with Crippen LogP contribution in [0.1, 0.15) is 40.7 Å². The predicted octanol–water partition coefficient (Wildman–Crippen LogP) is 4.45. The minimum Gasteiger partial charge on any atom is -0.351 e. The number of carbonyl (C=O) groups excluding carboxylic acids is 1. The Kier molecular flexibility index (Phi) is 4.86. The number of hydrogen-bond donors (Lipinski definition) is 2. The molecule has 0 heterocycles. The topological polar surface area (TPSA) is 55.1 Å². The van der Waals surface area contributed by atoms with Gasteiger partial charge in [-0.1, -0.05) is 42.8 Å². The molecule has 0 spiro atoms. The van der Waals surface area contributed by atoms with E-state index < -0.39 is 6.03 Å². The van der Waals surface area contributed by atoms with Crippen LogP contribution >= 0.6 is 0 Å². The van der Waals surface area contributed by atoms with Crippen molar-refractivity contribution in [1.82, 2.24) is 0 Å². The second kappa shape index (κ2) is 6.65.